The van der Waals surface area contributed by atoms with Crippen molar-refractivity contribution in [3.05, 3.63) is 52.8 Å². The van der Waals surface area contributed by atoms with E-state index < -0.39 is 0 Å². The third kappa shape index (κ3) is 3.74. The molecule has 1 heterocycles. The van der Waals surface area contributed by atoms with Gasteiger partial charge in [0.15, 0.2) is 5.13 Å². The van der Waals surface area contributed by atoms with E-state index >= 15 is 0 Å². The fraction of sp³-hybridized carbons (Fsp3) is 0.222. The molecule has 0 fully saturated rings. The molecule has 0 radical (unpaired) electrons. The standard InChI is InChI=1S/C18H16ClFN2OS/c1-10(2)16(23)8-11-3-5-14(13(19)7-11)21-18-22-15-9-12(20)4-6-17(15)24-18/h3-7,9-10H,8H2,1-2H3,(H,21,22). The highest BCUT2D eigenvalue weighted by Crippen LogP contribution is 2.32. The summed E-state index contributed by atoms with van der Waals surface area (Å²) in [4.78, 5) is 16.2. The third-order valence-corrected chi connectivity index (χ3v) is 4.91. The summed E-state index contributed by atoms with van der Waals surface area (Å²) < 4.78 is 14.1. The molecule has 0 unspecified atom stereocenters. The van der Waals surface area contributed by atoms with Gasteiger partial charge < -0.3 is 5.32 Å². The zero-order valence-corrected chi connectivity index (χ0v) is 14.8. The van der Waals surface area contributed by atoms with Gasteiger partial charge in [0, 0.05) is 18.4 Å². The van der Waals surface area contributed by atoms with Crippen LogP contribution in [0.4, 0.5) is 15.2 Å². The van der Waals surface area contributed by atoms with Gasteiger partial charge in [-0.1, -0.05) is 42.9 Å². The van der Waals surface area contributed by atoms with Gasteiger partial charge in [-0.25, -0.2) is 9.37 Å². The molecule has 0 saturated heterocycles. The molecule has 0 aliphatic rings. The maximum atomic E-state index is 13.2. The first kappa shape index (κ1) is 16.9. The Labute approximate surface area is 148 Å². The van der Waals surface area contributed by atoms with E-state index in [0.29, 0.717) is 27.8 Å². The molecule has 0 amide bonds. The lowest BCUT2D eigenvalue weighted by atomic mass is 10.0. The van der Waals surface area contributed by atoms with Crippen LogP contribution in [0.3, 0.4) is 0 Å². The molecule has 1 N–H and O–H groups in total. The van der Waals surface area contributed by atoms with Gasteiger partial charge in [0.2, 0.25) is 0 Å². The SMILES string of the molecule is CC(C)C(=O)Cc1ccc(Nc2nc3cc(F)ccc3s2)c(Cl)c1. The van der Waals surface area contributed by atoms with Crippen molar-refractivity contribution in [2.75, 3.05) is 5.32 Å². The van der Waals surface area contributed by atoms with Crippen LogP contribution in [0.5, 0.6) is 0 Å². The van der Waals surface area contributed by atoms with Crippen molar-refractivity contribution in [3.8, 4) is 0 Å². The van der Waals surface area contributed by atoms with E-state index in [9.17, 15) is 9.18 Å². The Kier molecular flexibility index (Phi) is 4.83. The van der Waals surface area contributed by atoms with Gasteiger partial charge in [-0.2, -0.15) is 0 Å². The van der Waals surface area contributed by atoms with Crippen LogP contribution in [0.25, 0.3) is 10.2 Å². The van der Waals surface area contributed by atoms with E-state index in [1.807, 2.05) is 26.0 Å². The molecular weight excluding hydrogens is 347 g/mol. The minimum Gasteiger partial charge on any atom is -0.330 e. The van der Waals surface area contributed by atoms with Crippen molar-refractivity contribution in [1.29, 1.82) is 0 Å². The number of halogens is 2. The number of ketones is 1. The normalized spacial score (nSPS) is 11.2. The van der Waals surface area contributed by atoms with Gasteiger partial charge in [0.05, 0.1) is 20.9 Å². The smallest absolute Gasteiger partial charge is 0.188 e. The quantitative estimate of drug-likeness (QED) is 0.642. The van der Waals surface area contributed by atoms with E-state index in [4.69, 9.17) is 11.6 Å². The van der Waals surface area contributed by atoms with Crippen molar-refractivity contribution < 1.29 is 9.18 Å². The van der Waals surface area contributed by atoms with Crippen LogP contribution < -0.4 is 5.32 Å². The van der Waals surface area contributed by atoms with Crippen LogP contribution >= 0.6 is 22.9 Å². The van der Waals surface area contributed by atoms with E-state index in [1.165, 1.54) is 23.5 Å². The molecule has 3 rings (SSSR count). The summed E-state index contributed by atoms with van der Waals surface area (Å²) in [6.45, 7) is 3.77. The second kappa shape index (κ2) is 6.87. The summed E-state index contributed by atoms with van der Waals surface area (Å²) in [5.41, 5.74) is 2.20. The third-order valence-electron chi connectivity index (χ3n) is 3.65. The molecule has 2 aromatic carbocycles. The first-order chi connectivity index (χ1) is 11.4. The Morgan fingerprint density at radius 3 is 2.79 bits per heavy atom. The summed E-state index contributed by atoms with van der Waals surface area (Å²) >= 11 is 7.74. The van der Waals surface area contributed by atoms with Crippen molar-refractivity contribution in [2.45, 2.75) is 20.3 Å². The van der Waals surface area contributed by atoms with Crippen molar-refractivity contribution in [2.24, 2.45) is 5.92 Å². The lowest BCUT2D eigenvalue weighted by molar-refractivity contribution is -0.121. The monoisotopic (exact) mass is 362 g/mol. The zero-order valence-electron chi connectivity index (χ0n) is 13.3. The molecule has 0 aliphatic carbocycles. The van der Waals surface area contributed by atoms with E-state index in [2.05, 4.69) is 10.3 Å². The lowest BCUT2D eigenvalue weighted by Crippen LogP contribution is -2.10. The number of hydrogen-bond donors (Lipinski definition) is 1. The minimum atomic E-state index is -0.309. The molecule has 0 atom stereocenters. The Morgan fingerprint density at radius 2 is 2.08 bits per heavy atom. The molecule has 3 nitrogen and oxygen atoms in total. The van der Waals surface area contributed by atoms with E-state index in [-0.39, 0.29) is 17.5 Å². The number of nitrogens with one attached hydrogen (secondary N) is 1. The molecular formula is C18H16ClFN2OS. The highest BCUT2D eigenvalue weighted by Gasteiger charge is 2.11. The molecule has 3 aromatic rings. The maximum Gasteiger partial charge on any atom is 0.188 e. The van der Waals surface area contributed by atoms with Gasteiger partial charge in [-0.05, 0) is 29.8 Å². The first-order valence-corrected chi connectivity index (χ1v) is 8.76. The maximum absolute atomic E-state index is 13.2. The summed E-state index contributed by atoms with van der Waals surface area (Å²) in [7, 11) is 0. The Bertz CT molecular complexity index is 907. The highest BCUT2D eigenvalue weighted by atomic mass is 35.5. The molecule has 0 aliphatic heterocycles. The van der Waals surface area contributed by atoms with Crippen LogP contribution in [0.1, 0.15) is 19.4 Å². The fourth-order valence-corrected chi connectivity index (χ4v) is 3.35. The summed E-state index contributed by atoms with van der Waals surface area (Å²) in [6.07, 6.45) is 0.373. The summed E-state index contributed by atoms with van der Waals surface area (Å²) in [5.74, 6) is -0.124. The van der Waals surface area contributed by atoms with Crippen LogP contribution in [0.15, 0.2) is 36.4 Å². The first-order valence-electron chi connectivity index (χ1n) is 7.56. The van der Waals surface area contributed by atoms with Crippen molar-refractivity contribution in [1.82, 2.24) is 4.98 Å². The number of aromatic nitrogens is 1. The van der Waals surface area contributed by atoms with Gasteiger partial charge in [-0.15, -0.1) is 0 Å². The Balaban J connectivity index is 1.80. The summed E-state index contributed by atoms with van der Waals surface area (Å²) in [6, 6.07) is 10.0. The topological polar surface area (TPSA) is 42.0 Å². The number of thiazole rings is 1. The van der Waals surface area contributed by atoms with Crippen molar-refractivity contribution in [3.63, 3.8) is 0 Å². The molecule has 0 spiro atoms. The van der Waals surface area contributed by atoms with Crippen LogP contribution in [-0.2, 0) is 11.2 Å². The zero-order chi connectivity index (χ0) is 17.3. The number of benzene rings is 2. The molecule has 24 heavy (non-hydrogen) atoms. The van der Waals surface area contributed by atoms with Gasteiger partial charge in [-0.3, -0.25) is 4.79 Å². The average molecular weight is 363 g/mol. The summed E-state index contributed by atoms with van der Waals surface area (Å²) in [5, 5.41) is 4.32. The minimum absolute atomic E-state index is 0.00437. The molecule has 6 heteroatoms. The number of nitrogens with zero attached hydrogens (tertiary/aromatic N) is 1. The van der Waals surface area contributed by atoms with Gasteiger partial charge in [0.1, 0.15) is 11.6 Å². The molecule has 124 valence electrons. The predicted molar refractivity (Wildman–Crippen MR) is 97.9 cm³/mol. The number of hydrogen-bond acceptors (Lipinski definition) is 4. The number of carbonyl (C=O) groups excluding carboxylic acids is 1. The van der Waals surface area contributed by atoms with Crippen LogP contribution in [0.2, 0.25) is 5.02 Å². The molecule has 1 aromatic heterocycles. The Hall–Kier alpha value is -1.98. The van der Waals surface area contributed by atoms with E-state index in [1.54, 1.807) is 12.1 Å². The van der Waals surface area contributed by atoms with Crippen LogP contribution in [0, 0.1) is 11.7 Å². The van der Waals surface area contributed by atoms with E-state index in [0.717, 1.165) is 10.3 Å². The predicted octanol–water partition coefficient (Wildman–Crippen LogP) is 5.60. The fourth-order valence-electron chi connectivity index (χ4n) is 2.24. The van der Waals surface area contributed by atoms with Crippen LogP contribution in [-0.4, -0.2) is 10.8 Å². The van der Waals surface area contributed by atoms with Crippen molar-refractivity contribution >= 4 is 49.8 Å². The second-order valence-corrected chi connectivity index (χ2v) is 7.31. The number of anilines is 2. The molecule has 0 bridgehead atoms. The highest BCUT2D eigenvalue weighted by molar-refractivity contribution is 7.22. The largest absolute Gasteiger partial charge is 0.330 e. The lowest BCUT2D eigenvalue weighted by Gasteiger charge is -2.08. The number of Topliss-reactive ketones (excluding diaryl/α,β-unsaturated/α-hetero) is 1. The number of carbonyl (C=O) groups is 1. The number of fused-ring (bicyclic) bond motifs is 1. The second-order valence-electron chi connectivity index (χ2n) is 5.87. The Morgan fingerprint density at radius 1 is 1.29 bits per heavy atom. The molecule has 0 saturated carbocycles. The number of rotatable bonds is 5. The van der Waals surface area contributed by atoms with Gasteiger partial charge in [0.25, 0.3) is 0 Å². The van der Waals surface area contributed by atoms with Gasteiger partial charge >= 0.3 is 0 Å². The average Bonchev–Trinajstić information content (AvgIpc) is 2.91.